The monoisotopic (exact) mass is 582 g/mol. The van der Waals surface area contributed by atoms with E-state index in [4.69, 9.17) is 30.5 Å². The molecule has 5 aromatic rings. The van der Waals surface area contributed by atoms with E-state index in [0.29, 0.717) is 33.7 Å². The van der Waals surface area contributed by atoms with Crippen molar-refractivity contribution in [2.24, 2.45) is 0 Å². The number of allylic oxidation sites excluding steroid dienone is 2. The van der Waals surface area contributed by atoms with E-state index in [-0.39, 0.29) is 12.4 Å². The quantitative estimate of drug-likeness (QED) is 0.166. The predicted octanol–water partition coefficient (Wildman–Crippen LogP) is 6.37. The first kappa shape index (κ1) is 28.4. The van der Waals surface area contributed by atoms with Crippen LogP contribution in [0.3, 0.4) is 0 Å². The number of aromatic nitrogens is 4. The molecule has 0 fully saturated rings. The molecule has 0 unspecified atom stereocenters. The first-order valence-electron chi connectivity index (χ1n) is 12.9. The van der Waals surface area contributed by atoms with E-state index < -0.39 is 0 Å². The van der Waals surface area contributed by atoms with Gasteiger partial charge < -0.3 is 18.9 Å². The Morgan fingerprint density at radius 1 is 0.881 bits per heavy atom. The fourth-order valence-corrected chi connectivity index (χ4v) is 4.38. The summed E-state index contributed by atoms with van der Waals surface area (Å²) in [5, 5.41) is 10.0. The number of carbonyl (C=O) groups excluding carboxylic acids is 1. The summed E-state index contributed by atoms with van der Waals surface area (Å²) in [6, 6.07) is 18.2. The summed E-state index contributed by atoms with van der Waals surface area (Å²) in [6.45, 7) is 0.179. The maximum Gasteiger partial charge on any atom is 0.178 e. The van der Waals surface area contributed by atoms with Crippen molar-refractivity contribution < 1.29 is 23.7 Å². The lowest BCUT2D eigenvalue weighted by Gasteiger charge is -2.10. The van der Waals surface area contributed by atoms with Crippen molar-refractivity contribution in [3.8, 4) is 28.7 Å². The minimum absolute atomic E-state index is 0.179. The largest absolute Gasteiger partial charge is 0.497 e. The van der Waals surface area contributed by atoms with Gasteiger partial charge in [0, 0.05) is 28.2 Å². The molecule has 3 aromatic carbocycles. The van der Waals surface area contributed by atoms with Crippen molar-refractivity contribution in [1.29, 1.82) is 0 Å². The molecule has 10 heteroatoms. The molecule has 0 aliphatic rings. The number of halogens is 1. The summed E-state index contributed by atoms with van der Waals surface area (Å²) in [5.41, 5.74) is 3.77. The van der Waals surface area contributed by atoms with Crippen molar-refractivity contribution in [1.82, 2.24) is 20.0 Å². The predicted molar refractivity (Wildman–Crippen MR) is 162 cm³/mol. The highest BCUT2D eigenvalue weighted by molar-refractivity contribution is 6.31. The normalized spacial score (nSPS) is 11.3. The van der Waals surface area contributed by atoms with Crippen LogP contribution in [0.2, 0.25) is 5.02 Å². The van der Waals surface area contributed by atoms with Crippen molar-refractivity contribution in [3.05, 3.63) is 107 Å². The summed E-state index contributed by atoms with van der Waals surface area (Å²) < 4.78 is 23.8. The Kier molecular flexibility index (Phi) is 8.79. The van der Waals surface area contributed by atoms with Crippen LogP contribution < -0.4 is 18.9 Å². The second-order valence-corrected chi connectivity index (χ2v) is 9.46. The number of nitrogens with zero attached hydrogens (tertiary/aromatic N) is 4. The van der Waals surface area contributed by atoms with E-state index in [1.807, 2.05) is 30.3 Å². The van der Waals surface area contributed by atoms with Crippen LogP contribution in [-0.4, -0.2) is 47.1 Å². The molecule has 42 heavy (non-hydrogen) atoms. The molecule has 0 bridgehead atoms. The van der Waals surface area contributed by atoms with Crippen LogP contribution in [0.1, 0.15) is 16.8 Å². The van der Waals surface area contributed by atoms with Crippen molar-refractivity contribution in [3.63, 3.8) is 0 Å². The summed E-state index contributed by atoms with van der Waals surface area (Å²) in [7, 11) is 4.71. The molecular weight excluding hydrogens is 556 g/mol. The SMILES string of the molecule is COc1ccc(/C=C/C(=O)/C=C/c2ccc(OCc3cn(-c4ccnc5cc(Cl)ccc45)nn3)c(OC)c2)c(OC)c1. The average Bonchev–Trinajstić information content (AvgIpc) is 3.50. The second kappa shape index (κ2) is 13.0. The lowest BCUT2D eigenvalue weighted by atomic mass is 10.1. The molecule has 0 saturated heterocycles. The Morgan fingerprint density at radius 2 is 1.71 bits per heavy atom. The van der Waals surface area contributed by atoms with E-state index in [0.717, 1.165) is 27.7 Å². The zero-order chi connectivity index (χ0) is 29.5. The van der Waals surface area contributed by atoms with Crippen LogP contribution in [0.5, 0.6) is 23.0 Å². The van der Waals surface area contributed by atoms with Gasteiger partial charge in [-0.15, -0.1) is 5.10 Å². The third kappa shape index (κ3) is 6.59. The van der Waals surface area contributed by atoms with Gasteiger partial charge in [-0.2, -0.15) is 0 Å². The minimum Gasteiger partial charge on any atom is -0.497 e. The standard InChI is InChI=1S/C32H27ClN4O5/c1-39-26-11-7-22(31(18-26)40-2)6-10-25(38)9-4-21-5-13-30(32(16-21)41-3)42-20-24-19-37(36-35-24)29-14-15-34-28-17-23(33)8-12-27(28)29/h4-19H,20H2,1-3H3/b9-4+,10-6+. The molecule has 5 rings (SSSR count). The summed E-state index contributed by atoms with van der Waals surface area (Å²) >= 11 is 6.11. The molecule has 0 radical (unpaired) electrons. The zero-order valence-electron chi connectivity index (χ0n) is 23.2. The number of hydrogen-bond acceptors (Lipinski definition) is 8. The number of rotatable bonds is 11. The van der Waals surface area contributed by atoms with Gasteiger partial charge in [-0.3, -0.25) is 9.78 Å². The topological polar surface area (TPSA) is 97.6 Å². The molecule has 212 valence electrons. The Labute approximate surface area is 247 Å². The van der Waals surface area contributed by atoms with Crippen molar-refractivity contribution in [2.75, 3.05) is 21.3 Å². The molecule has 0 aliphatic carbocycles. The molecule has 0 aliphatic heterocycles. The fraction of sp³-hybridized carbons (Fsp3) is 0.125. The van der Waals surface area contributed by atoms with Crippen LogP contribution in [0.15, 0.2) is 85.2 Å². The first-order chi connectivity index (χ1) is 20.5. The Hall–Kier alpha value is -5.15. The lowest BCUT2D eigenvalue weighted by Crippen LogP contribution is -1.98. The lowest BCUT2D eigenvalue weighted by molar-refractivity contribution is -0.110. The number of hydrogen-bond donors (Lipinski definition) is 0. The van der Waals surface area contributed by atoms with Gasteiger partial charge in [0.05, 0.1) is 38.7 Å². The molecular formula is C32H27ClN4O5. The number of ketones is 1. The highest BCUT2D eigenvalue weighted by Gasteiger charge is 2.11. The first-order valence-corrected chi connectivity index (χ1v) is 13.2. The third-order valence-electron chi connectivity index (χ3n) is 6.34. The zero-order valence-corrected chi connectivity index (χ0v) is 23.9. The van der Waals surface area contributed by atoms with Crippen LogP contribution in [0.4, 0.5) is 0 Å². The molecule has 9 nitrogen and oxygen atoms in total. The molecule has 2 heterocycles. The minimum atomic E-state index is -0.180. The molecule has 0 saturated carbocycles. The maximum atomic E-state index is 12.5. The van der Waals surface area contributed by atoms with Gasteiger partial charge in [0.15, 0.2) is 17.3 Å². The van der Waals surface area contributed by atoms with Crippen LogP contribution in [-0.2, 0) is 11.4 Å². The molecule has 0 atom stereocenters. The number of pyridine rings is 1. The van der Waals surface area contributed by atoms with Crippen molar-refractivity contribution >= 4 is 40.4 Å². The molecule has 2 aromatic heterocycles. The van der Waals surface area contributed by atoms with Gasteiger partial charge >= 0.3 is 0 Å². The molecule has 0 spiro atoms. The van der Waals surface area contributed by atoms with E-state index in [1.54, 1.807) is 80.9 Å². The third-order valence-corrected chi connectivity index (χ3v) is 6.58. The van der Waals surface area contributed by atoms with Gasteiger partial charge in [-0.05, 0) is 72.3 Å². The van der Waals surface area contributed by atoms with Crippen LogP contribution in [0, 0.1) is 0 Å². The van der Waals surface area contributed by atoms with Gasteiger partial charge in [0.1, 0.15) is 23.8 Å². The Balaban J connectivity index is 1.23. The van der Waals surface area contributed by atoms with Gasteiger partial charge in [0.2, 0.25) is 0 Å². The number of carbonyl (C=O) groups is 1. The Bertz CT molecular complexity index is 1800. The summed E-state index contributed by atoms with van der Waals surface area (Å²) in [5.74, 6) is 2.16. The summed E-state index contributed by atoms with van der Waals surface area (Å²) in [4.78, 5) is 16.8. The molecule has 0 amide bonds. The highest BCUT2D eigenvalue weighted by atomic mass is 35.5. The van der Waals surface area contributed by atoms with Gasteiger partial charge in [-0.25, -0.2) is 4.68 Å². The van der Waals surface area contributed by atoms with Gasteiger partial charge in [-0.1, -0.05) is 29.0 Å². The molecule has 0 N–H and O–H groups in total. The van der Waals surface area contributed by atoms with E-state index in [9.17, 15) is 4.79 Å². The smallest absolute Gasteiger partial charge is 0.178 e. The highest BCUT2D eigenvalue weighted by Crippen LogP contribution is 2.30. The van der Waals surface area contributed by atoms with Crippen LogP contribution >= 0.6 is 11.6 Å². The van der Waals surface area contributed by atoms with E-state index in [2.05, 4.69) is 15.3 Å². The van der Waals surface area contributed by atoms with Gasteiger partial charge in [0.25, 0.3) is 0 Å². The Morgan fingerprint density at radius 3 is 2.52 bits per heavy atom. The van der Waals surface area contributed by atoms with E-state index in [1.165, 1.54) is 12.2 Å². The fourth-order valence-electron chi connectivity index (χ4n) is 4.21. The van der Waals surface area contributed by atoms with Crippen LogP contribution in [0.25, 0.3) is 28.7 Å². The number of methoxy groups -OCH3 is 3. The van der Waals surface area contributed by atoms with E-state index >= 15 is 0 Å². The second-order valence-electron chi connectivity index (χ2n) is 9.02. The number of ether oxygens (including phenoxy) is 4. The average molecular weight is 583 g/mol. The number of fused-ring (bicyclic) bond motifs is 1. The number of benzene rings is 3. The maximum absolute atomic E-state index is 12.5. The summed E-state index contributed by atoms with van der Waals surface area (Å²) in [6.07, 6.45) is 9.87. The van der Waals surface area contributed by atoms with Crippen molar-refractivity contribution in [2.45, 2.75) is 6.61 Å².